The third-order valence-electron chi connectivity index (χ3n) is 3.64. The minimum absolute atomic E-state index is 0.151. The maximum absolute atomic E-state index is 9.74. The van der Waals surface area contributed by atoms with Crippen molar-refractivity contribution in [1.82, 2.24) is 4.90 Å². The fraction of sp³-hybridized carbons (Fsp3) is 0.625. The highest BCUT2D eigenvalue weighted by Crippen LogP contribution is 2.24. The van der Waals surface area contributed by atoms with Crippen LogP contribution in [0.5, 0.6) is 0 Å². The molecule has 108 valence electrons. The Bertz CT molecular complexity index is 342. The number of hydrogen-bond acceptors (Lipinski definition) is 3. The van der Waals surface area contributed by atoms with Crippen molar-refractivity contribution in [2.24, 2.45) is 0 Å². The van der Waals surface area contributed by atoms with E-state index in [2.05, 4.69) is 31.0 Å². The van der Waals surface area contributed by atoms with Crippen molar-refractivity contribution >= 4 is 0 Å². The Morgan fingerprint density at radius 2 is 1.74 bits per heavy atom. The van der Waals surface area contributed by atoms with E-state index in [1.165, 1.54) is 5.56 Å². The van der Waals surface area contributed by atoms with Gasteiger partial charge in [0.15, 0.2) is 0 Å². The van der Waals surface area contributed by atoms with Crippen molar-refractivity contribution in [3.8, 4) is 0 Å². The highest BCUT2D eigenvalue weighted by atomic mass is 16.3. The van der Waals surface area contributed by atoms with E-state index >= 15 is 0 Å². The molecule has 0 saturated carbocycles. The minimum atomic E-state index is -0.215. The molecule has 1 atom stereocenters. The number of aliphatic hydroxyl groups is 2. The van der Waals surface area contributed by atoms with Crippen LogP contribution in [0, 0.1) is 0 Å². The molecular weight excluding hydrogens is 238 g/mol. The van der Waals surface area contributed by atoms with Crippen LogP contribution < -0.4 is 0 Å². The van der Waals surface area contributed by atoms with Crippen molar-refractivity contribution in [3.05, 3.63) is 35.9 Å². The van der Waals surface area contributed by atoms with E-state index < -0.39 is 0 Å². The number of unbranched alkanes of at least 4 members (excludes halogenated alkanes) is 2. The molecule has 0 amide bonds. The van der Waals surface area contributed by atoms with Crippen LogP contribution in [-0.4, -0.2) is 48.5 Å². The molecule has 1 unspecified atom stereocenters. The molecule has 1 aromatic carbocycles. The Hall–Kier alpha value is -0.900. The van der Waals surface area contributed by atoms with Crippen LogP contribution in [0.4, 0.5) is 0 Å². The average Bonchev–Trinajstić information content (AvgIpc) is 2.44. The highest BCUT2D eigenvalue weighted by molar-refractivity contribution is 5.25. The Morgan fingerprint density at radius 3 is 2.32 bits per heavy atom. The topological polar surface area (TPSA) is 43.7 Å². The number of likely N-dealkylation sites (N-methyl/N-ethyl adjacent to an activating group) is 1. The van der Waals surface area contributed by atoms with Gasteiger partial charge in [-0.1, -0.05) is 37.3 Å². The third kappa shape index (κ3) is 5.31. The van der Waals surface area contributed by atoms with Crippen molar-refractivity contribution in [2.45, 2.75) is 31.6 Å². The summed E-state index contributed by atoms with van der Waals surface area (Å²) in [5.41, 5.74) is 0.965. The van der Waals surface area contributed by atoms with E-state index in [1.807, 2.05) is 18.2 Å². The molecule has 1 aromatic rings. The van der Waals surface area contributed by atoms with Crippen LogP contribution in [0.25, 0.3) is 0 Å². The second kappa shape index (κ2) is 8.31. The Morgan fingerprint density at radius 1 is 1.05 bits per heavy atom. The molecule has 0 aliphatic rings. The minimum Gasteiger partial charge on any atom is -0.396 e. The van der Waals surface area contributed by atoms with E-state index in [0.717, 1.165) is 32.4 Å². The lowest BCUT2D eigenvalue weighted by Gasteiger charge is -2.32. The van der Waals surface area contributed by atoms with Crippen LogP contribution in [0.15, 0.2) is 30.3 Å². The van der Waals surface area contributed by atoms with Crippen molar-refractivity contribution in [2.75, 3.05) is 33.4 Å². The first-order chi connectivity index (χ1) is 9.12. The summed E-state index contributed by atoms with van der Waals surface area (Å²) >= 11 is 0. The molecular formula is C16H27NO2. The van der Waals surface area contributed by atoms with Crippen LogP contribution in [-0.2, 0) is 5.41 Å². The number of nitrogens with zero attached hydrogens (tertiary/aromatic N) is 1. The summed E-state index contributed by atoms with van der Waals surface area (Å²) < 4.78 is 0. The normalized spacial score (nSPS) is 14.6. The zero-order valence-corrected chi connectivity index (χ0v) is 12.2. The van der Waals surface area contributed by atoms with Crippen molar-refractivity contribution in [3.63, 3.8) is 0 Å². The third-order valence-corrected chi connectivity index (χ3v) is 3.64. The summed E-state index contributed by atoms with van der Waals surface area (Å²) in [5.74, 6) is 0. The van der Waals surface area contributed by atoms with Crippen molar-refractivity contribution in [1.29, 1.82) is 0 Å². The molecule has 3 heteroatoms. The van der Waals surface area contributed by atoms with Gasteiger partial charge in [-0.3, -0.25) is 0 Å². The lowest BCUT2D eigenvalue weighted by Crippen LogP contribution is -2.40. The predicted molar refractivity (Wildman–Crippen MR) is 79.3 cm³/mol. The lowest BCUT2D eigenvalue weighted by molar-refractivity contribution is 0.157. The van der Waals surface area contributed by atoms with E-state index in [0.29, 0.717) is 0 Å². The predicted octanol–water partition coefficient (Wildman–Crippen LogP) is 2.03. The maximum Gasteiger partial charge on any atom is 0.0537 e. The van der Waals surface area contributed by atoms with Gasteiger partial charge in [0.1, 0.15) is 0 Å². The Balaban J connectivity index is 2.51. The van der Waals surface area contributed by atoms with E-state index in [4.69, 9.17) is 5.11 Å². The van der Waals surface area contributed by atoms with Gasteiger partial charge in [0.05, 0.1) is 6.61 Å². The van der Waals surface area contributed by atoms with Gasteiger partial charge in [-0.05, 0) is 38.4 Å². The molecule has 19 heavy (non-hydrogen) atoms. The first-order valence-electron chi connectivity index (χ1n) is 7.08. The van der Waals surface area contributed by atoms with E-state index in [9.17, 15) is 5.11 Å². The number of aliphatic hydroxyl groups excluding tert-OH is 2. The largest absolute Gasteiger partial charge is 0.396 e. The number of hydrogen-bond donors (Lipinski definition) is 2. The summed E-state index contributed by atoms with van der Waals surface area (Å²) in [5, 5.41) is 18.5. The fourth-order valence-corrected chi connectivity index (χ4v) is 2.42. The number of rotatable bonds is 9. The fourth-order valence-electron chi connectivity index (χ4n) is 2.42. The average molecular weight is 265 g/mol. The zero-order chi connectivity index (χ0) is 14.1. The highest BCUT2D eigenvalue weighted by Gasteiger charge is 2.27. The first kappa shape index (κ1) is 16.2. The monoisotopic (exact) mass is 265 g/mol. The van der Waals surface area contributed by atoms with Crippen LogP contribution in [0.2, 0.25) is 0 Å². The summed E-state index contributed by atoms with van der Waals surface area (Å²) in [6.07, 6.45) is 3.03. The van der Waals surface area contributed by atoms with Gasteiger partial charge in [0.25, 0.3) is 0 Å². The van der Waals surface area contributed by atoms with Crippen LogP contribution >= 0.6 is 0 Å². The molecule has 0 bridgehead atoms. The van der Waals surface area contributed by atoms with Crippen molar-refractivity contribution < 1.29 is 10.2 Å². The summed E-state index contributed by atoms with van der Waals surface area (Å²) in [7, 11) is 2.09. The molecule has 0 spiro atoms. The van der Waals surface area contributed by atoms with Gasteiger partial charge in [-0.25, -0.2) is 0 Å². The first-order valence-corrected chi connectivity index (χ1v) is 7.08. The molecule has 0 radical (unpaired) electrons. The molecule has 1 rings (SSSR count). The van der Waals surface area contributed by atoms with Gasteiger partial charge < -0.3 is 15.1 Å². The molecule has 0 aliphatic heterocycles. The molecule has 0 fully saturated rings. The summed E-state index contributed by atoms with van der Waals surface area (Å²) in [6.45, 7) is 4.38. The smallest absolute Gasteiger partial charge is 0.0537 e. The number of benzene rings is 1. The Kier molecular flexibility index (Phi) is 7.06. The zero-order valence-electron chi connectivity index (χ0n) is 12.2. The van der Waals surface area contributed by atoms with Gasteiger partial charge in [0.2, 0.25) is 0 Å². The standard InChI is InChI=1S/C16H27NO2/c1-16(14-19,15-9-5-3-6-10-15)13-17(2)11-7-4-8-12-18/h3,5-6,9-10,18-19H,4,7-8,11-14H2,1-2H3. The summed E-state index contributed by atoms with van der Waals surface area (Å²) in [6, 6.07) is 10.2. The molecule has 0 aliphatic carbocycles. The molecule has 0 saturated heterocycles. The van der Waals surface area contributed by atoms with E-state index in [1.54, 1.807) is 0 Å². The molecule has 2 N–H and O–H groups in total. The van der Waals surface area contributed by atoms with Gasteiger partial charge >= 0.3 is 0 Å². The van der Waals surface area contributed by atoms with Gasteiger partial charge in [-0.2, -0.15) is 0 Å². The second-order valence-corrected chi connectivity index (χ2v) is 5.61. The van der Waals surface area contributed by atoms with Crippen LogP contribution in [0.1, 0.15) is 31.7 Å². The van der Waals surface area contributed by atoms with E-state index in [-0.39, 0.29) is 18.6 Å². The quantitative estimate of drug-likeness (QED) is 0.672. The van der Waals surface area contributed by atoms with Gasteiger partial charge in [0, 0.05) is 18.6 Å². The SMILES string of the molecule is CN(CCCCCO)CC(C)(CO)c1ccccc1. The Labute approximate surface area is 116 Å². The molecule has 0 heterocycles. The molecule has 3 nitrogen and oxygen atoms in total. The summed E-state index contributed by atoms with van der Waals surface area (Å²) in [4.78, 5) is 2.26. The molecule has 0 aromatic heterocycles. The second-order valence-electron chi connectivity index (χ2n) is 5.61. The lowest BCUT2D eigenvalue weighted by atomic mass is 9.83. The maximum atomic E-state index is 9.74. The van der Waals surface area contributed by atoms with Gasteiger partial charge in [-0.15, -0.1) is 0 Å². The van der Waals surface area contributed by atoms with Crippen LogP contribution in [0.3, 0.4) is 0 Å².